The van der Waals surface area contributed by atoms with Gasteiger partial charge in [-0.3, -0.25) is 4.98 Å². The van der Waals surface area contributed by atoms with Gasteiger partial charge in [-0.25, -0.2) is 4.98 Å². The molecule has 0 spiro atoms. The molecule has 0 radical (unpaired) electrons. The summed E-state index contributed by atoms with van der Waals surface area (Å²) < 4.78 is 0. The minimum atomic E-state index is 0.918. The highest BCUT2D eigenvalue weighted by atomic mass is 14.8. The van der Waals surface area contributed by atoms with Crippen molar-refractivity contribution < 1.29 is 0 Å². The normalized spacial score (nSPS) is 13.8. The first-order valence-electron chi connectivity index (χ1n) is 5.68. The molecule has 1 aliphatic carbocycles. The summed E-state index contributed by atoms with van der Waals surface area (Å²) in [7, 11) is 0. The van der Waals surface area contributed by atoms with Crippen LogP contribution >= 0.6 is 0 Å². The molecule has 2 aromatic rings. The molecule has 2 aromatic heterocycles. The molecule has 17 heavy (non-hydrogen) atoms. The summed E-state index contributed by atoms with van der Waals surface area (Å²) in [5.74, 6) is 0. The van der Waals surface area contributed by atoms with Gasteiger partial charge in [0.05, 0.1) is 17.1 Å². The molecule has 0 unspecified atom stereocenters. The van der Waals surface area contributed by atoms with Crippen molar-refractivity contribution >= 4 is 5.57 Å². The molecule has 2 heterocycles. The second kappa shape index (κ2) is 4.34. The van der Waals surface area contributed by atoms with Crippen LogP contribution in [0.1, 0.15) is 12.1 Å². The topological polar surface area (TPSA) is 25.8 Å². The minimum Gasteiger partial charge on any atom is -0.255 e. The van der Waals surface area contributed by atoms with Gasteiger partial charge in [0.1, 0.15) is 0 Å². The van der Waals surface area contributed by atoms with E-state index in [1.54, 1.807) is 6.20 Å². The third-order valence-electron chi connectivity index (χ3n) is 2.78. The van der Waals surface area contributed by atoms with Gasteiger partial charge in [-0.1, -0.05) is 30.4 Å². The predicted molar refractivity (Wildman–Crippen MR) is 69.2 cm³/mol. The van der Waals surface area contributed by atoms with Crippen molar-refractivity contribution in [2.24, 2.45) is 0 Å². The van der Waals surface area contributed by atoms with Crippen LogP contribution in [0.3, 0.4) is 0 Å². The molecule has 0 bridgehead atoms. The molecule has 0 amide bonds. The van der Waals surface area contributed by atoms with E-state index in [0.29, 0.717) is 0 Å². The van der Waals surface area contributed by atoms with Crippen LogP contribution in [0, 0.1) is 0 Å². The van der Waals surface area contributed by atoms with Crippen LogP contribution in [-0.4, -0.2) is 9.97 Å². The highest BCUT2D eigenvalue weighted by Gasteiger charge is 2.06. The third kappa shape index (κ3) is 2.02. The van der Waals surface area contributed by atoms with E-state index in [-0.39, 0.29) is 0 Å². The van der Waals surface area contributed by atoms with Gasteiger partial charge >= 0.3 is 0 Å². The minimum absolute atomic E-state index is 0.918. The molecule has 0 N–H and O–H groups in total. The molecular weight excluding hydrogens is 208 g/mol. The molecule has 0 aromatic carbocycles. The van der Waals surface area contributed by atoms with Gasteiger partial charge in [0.15, 0.2) is 0 Å². The zero-order valence-electron chi connectivity index (χ0n) is 9.38. The molecule has 3 rings (SSSR count). The molecule has 0 aliphatic heterocycles. The van der Waals surface area contributed by atoms with E-state index >= 15 is 0 Å². The van der Waals surface area contributed by atoms with Crippen molar-refractivity contribution in [3.05, 3.63) is 66.5 Å². The fraction of sp³-hybridized carbons (Fsp3) is 0.0667. The van der Waals surface area contributed by atoms with E-state index in [4.69, 9.17) is 0 Å². The Bertz CT molecular complexity index is 583. The quantitative estimate of drug-likeness (QED) is 0.774. The lowest BCUT2D eigenvalue weighted by Crippen LogP contribution is -1.91. The molecule has 0 atom stereocenters. The summed E-state index contributed by atoms with van der Waals surface area (Å²) in [6.45, 7) is 0. The van der Waals surface area contributed by atoms with Crippen LogP contribution in [0.4, 0.5) is 0 Å². The highest BCUT2D eigenvalue weighted by Crippen LogP contribution is 2.23. The second-order valence-corrected chi connectivity index (χ2v) is 3.95. The Morgan fingerprint density at radius 2 is 1.76 bits per heavy atom. The Labute approximate surface area is 100 Å². The maximum Gasteiger partial charge on any atom is 0.0893 e. The number of rotatable bonds is 2. The average molecular weight is 220 g/mol. The second-order valence-electron chi connectivity index (χ2n) is 3.95. The number of hydrogen-bond acceptors (Lipinski definition) is 2. The lowest BCUT2D eigenvalue weighted by molar-refractivity contribution is 1.21. The Balaban J connectivity index is 2.00. The summed E-state index contributed by atoms with van der Waals surface area (Å²) in [5, 5.41) is 0. The molecular formula is C15H12N2. The van der Waals surface area contributed by atoms with Gasteiger partial charge in [0.25, 0.3) is 0 Å². The maximum atomic E-state index is 4.65. The molecule has 2 nitrogen and oxygen atoms in total. The van der Waals surface area contributed by atoms with Crippen molar-refractivity contribution in [2.45, 2.75) is 6.42 Å². The van der Waals surface area contributed by atoms with Crippen LogP contribution in [0.15, 0.2) is 60.8 Å². The summed E-state index contributed by atoms with van der Waals surface area (Å²) in [4.78, 5) is 8.97. The van der Waals surface area contributed by atoms with Gasteiger partial charge in [-0.05, 0) is 36.3 Å². The first kappa shape index (κ1) is 9.97. The van der Waals surface area contributed by atoms with E-state index in [0.717, 1.165) is 23.5 Å². The Morgan fingerprint density at radius 3 is 2.53 bits per heavy atom. The summed E-state index contributed by atoms with van der Waals surface area (Å²) in [6.07, 6.45) is 9.10. The van der Waals surface area contributed by atoms with E-state index in [2.05, 4.69) is 28.2 Å². The van der Waals surface area contributed by atoms with Crippen molar-refractivity contribution in [2.75, 3.05) is 0 Å². The number of aromatic nitrogens is 2. The van der Waals surface area contributed by atoms with E-state index in [9.17, 15) is 0 Å². The smallest absolute Gasteiger partial charge is 0.0893 e. The van der Waals surface area contributed by atoms with Crippen molar-refractivity contribution in [3.63, 3.8) is 0 Å². The van der Waals surface area contributed by atoms with Crippen LogP contribution in [0.2, 0.25) is 0 Å². The van der Waals surface area contributed by atoms with Gasteiger partial charge < -0.3 is 0 Å². The van der Waals surface area contributed by atoms with Crippen LogP contribution in [-0.2, 0) is 0 Å². The molecule has 0 fully saturated rings. The molecule has 0 saturated carbocycles. The Hall–Kier alpha value is -2.22. The van der Waals surface area contributed by atoms with Crippen LogP contribution < -0.4 is 0 Å². The van der Waals surface area contributed by atoms with Crippen molar-refractivity contribution in [1.29, 1.82) is 0 Å². The lowest BCUT2D eigenvalue weighted by atomic mass is 10.1. The molecule has 82 valence electrons. The van der Waals surface area contributed by atoms with Crippen molar-refractivity contribution in [1.82, 2.24) is 9.97 Å². The van der Waals surface area contributed by atoms with Gasteiger partial charge in [0, 0.05) is 6.20 Å². The van der Waals surface area contributed by atoms with E-state index < -0.39 is 0 Å². The largest absolute Gasteiger partial charge is 0.255 e. The zero-order valence-corrected chi connectivity index (χ0v) is 9.38. The first-order chi connectivity index (χ1) is 8.43. The van der Waals surface area contributed by atoms with Gasteiger partial charge in [0.2, 0.25) is 0 Å². The monoisotopic (exact) mass is 220 g/mol. The maximum absolute atomic E-state index is 4.65. The predicted octanol–water partition coefficient (Wildman–Crippen LogP) is 3.49. The summed E-state index contributed by atoms with van der Waals surface area (Å²) in [5.41, 5.74) is 4.15. The van der Waals surface area contributed by atoms with E-state index in [1.165, 1.54) is 5.57 Å². The lowest BCUT2D eigenvalue weighted by Gasteiger charge is -2.04. The number of allylic oxidation sites excluding steroid dienone is 4. The molecule has 1 aliphatic rings. The fourth-order valence-corrected chi connectivity index (χ4v) is 1.91. The SMILES string of the molecule is C1=CCC(c2cccc(-c3ccccn3)n2)=C1. The fourth-order valence-electron chi connectivity index (χ4n) is 1.91. The average Bonchev–Trinajstić information content (AvgIpc) is 2.94. The Morgan fingerprint density at radius 1 is 0.882 bits per heavy atom. The first-order valence-corrected chi connectivity index (χ1v) is 5.68. The zero-order chi connectivity index (χ0) is 11.5. The highest BCUT2D eigenvalue weighted by molar-refractivity contribution is 5.70. The summed E-state index contributed by atoms with van der Waals surface area (Å²) >= 11 is 0. The standard InChI is InChI=1S/C15H12N2/c1-2-7-12(6-1)13-9-5-10-15(17-13)14-8-3-4-11-16-14/h1-6,8-11H,7H2. The van der Waals surface area contributed by atoms with E-state index in [1.807, 2.05) is 36.4 Å². The van der Waals surface area contributed by atoms with Crippen LogP contribution in [0.5, 0.6) is 0 Å². The van der Waals surface area contributed by atoms with Gasteiger partial charge in [-0.15, -0.1) is 0 Å². The number of hydrogen-bond donors (Lipinski definition) is 0. The van der Waals surface area contributed by atoms with Gasteiger partial charge in [-0.2, -0.15) is 0 Å². The third-order valence-corrected chi connectivity index (χ3v) is 2.78. The number of nitrogens with zero attached hydrogens (tertiary/aromatic N) is 2. The number of pyridine rings is 2. The summed E-state index contributed by atoms with van der Waals surface area (Å²) in [6, 6.07) is 11.9. The van der Waals surface area contributed by atoms with Crippen LogP contribution in [0.25, 0.3) is 17.0 Å². The molecule has 2 heteroatoms. The van der Waals surface area contributed by atoms with Crippen molar-refractivity contribution in [3.8, 4) is 11.4 Å². The molecule has 0 saturated heterocycles. The Kier molecular flexibility index (Phi) is 2.54.